The largest absolute Gasteiger partial charge is 0.355 e. The van der Waals surface area contributed by atoms with Gasteiger partial charge >= 0.3 is 6.03 Å². The molecule has 4 aromatic rings. The van der Waals surface area contributed by atoms with Crippen molar-refractivity contribution in [2.24, 2.45) is 0 Å². The molecule has 5 heteroatoms. The van der Waals surface area contributed by atoms with Crippen molar-refractivity contribution >= 4 is 40.1 Å². The van der Waals surface area contributed by atoms with Crippen LogP contribution in [-0.2, 0) is 0 Å². The van der Waals surface area contributed by atoms with Crippen LogP contribution in [0.4, 0.5) is 16.2 Å². The Morgan fingerprint density at radius 1 is 0.852 bits per heavy atom. The Morgan fingerprint density at radius 3 is 2.41 bits per heavy atom. The van der Waals surface area contributed by atoms with Gasteiger partial charge in [0, 0.05) is 32.9 Å². The standard InChI is InChI=1S/C22H19N3OS/c1-27-19-7-4-6-18(14-19)24-22(26)23-17-11-9-15(10-12-17)21-13-16-5-2-3-8-20(16)25-21/h2-14,25H,1H3,(H2,23,24,26). The van der Waals surface area contributed by atoms with E-state index >= 15 is 0 Å². The first-order chi connectivity index (χ1) is 13.2. The lowest BCUT2D eigenvalue weighted by Gasteiger charge is -2.09. The molecular weight excluding hydrogens is 354 g/mol. The van der Waals surface area contributed by atoms with Gasteiger partial charge in [-0.1, -0.05) is 36.4 Å². The highest BCUT2D eigenvalue weighted by molar-refractivity contribution is 7.98. The Balaban J connectivity index is 1.44. The van der Waals surface area contributed by atoms with Crippen molar-refractivity contribution < 1.29 is 4.79 Å². The number of aromatic amines is 1. The summed E-state index contributed by atoms with van der Waals surface area (Å²) in [5.74, 6) is 0. The Labute approximate surface area is 162 Å². The van der Waals surface area contributed by atoms with E-state index in [0.717, 1.165) is 33.0 Å². The number of hydrogen-bond acceptors (Lipinski definition) is 2. The summed E-state index contributed by atoms with van der Waals surface area (Å²) in [5, 5.41) is 6.91. The number of hydrogen-bond donors (Lipinski definition) is 3. The van der Waals surface area contributed by atoms with Gasteiger partial charge in [-0.05, 0) is 54.3 Å². The monoisotopic (exact) mass is 373 g/mol. The van der Waals surface area contributed by atoms with Crippen LogP contribution in [0.5, 0.6) is 0 Å². The van der Waals surface area contributed by atoms with Crippen molar-refractivity contribution in [1.29, 1.82) is 0 Å². The Morgan fingerprint density at radius 2 is 1.63 bits per heavy atom. The van der Waals surface area contributed by atoms with Crippen molar-refractivity contribution in [1.82, 2.24) is 4.98 Å². The van der Waals surface area contributed by atoms with E-state index in [2.05, 4.69) is 33.8 Å². The molecule has 0 bridgehead atoms. The zero-order valence-corrected chi connectivity index (χ0v) is 15.6. The van der Waals surface area contributed by atoms with Gasteiger partial charge in [0.25, 0.3) is 0 Å². The van der Waals surface area contributed by atoms with Gasteiger partial charge in [0.2, 0.25) is 0 Å². The number of amides is 2. The average molecular weight is 373 g/mol. The molecule has 0 saturated heterocycles. The fourth-order valence-electron chi connectivity index (χ4n) is 2.96. The smallest absolute Gasteiger partial charge is 0.323 e. The molecule has 0 fully saturated rings. The van der Waals surface area contributed by atoms with Gasteiger partial charge in [-0.15, -0.1) is 11.8 Å². The summed E-state index contributed by atoms with van der Waals surface area (Å²) in [5.41, 5.74) is 4.76. The maximum Gasteiger partial charge on any atom is 0.323 e. The SMILES string of the molecule is CSc1cccc(NC(=O)Nc2ccc(-c3cc4ccccc4[nH]3)cc2)c1. The number of anilines is 2. The molecular formula is C22H19N3OS. The third kappa shape index (κ3) is 3.99. The zero-order valence-electron chi connectivity index (χ0n) is 14.8. The highest BCUT2D eigenvalue weighted by Gasteiger charge is 2.06. The number of carbonyl (C=O) groups is 1. The van der Waals surface area contributed by atoms with Crippen molar-refractivity contribution in [3.05, 3.63) is 78.9 Å². The van der Waals surface area contributed by atoms with E-state index in [-0.39, 0.29) is 6.03 Å². The summed E-state index contributed by atoms with van der Waals surface area (Å²) >= 11 is 1.64. The highest BCUT2D eigenvalue weighted by atomic mass is 32.2. The first-order valence-electron chi connectivity index (χ1n) is 8.61. The van der Waals surface area contributed by atoms with Crippen molar-refractivity contribution in [3.8, 4) is 11.3 Å². The van der Waals surface area contributed by atoms with Crippen LogP contribution in [-0.4, -0.2) is 17.3 Å². The van der Waals surface area contributed by atoms with Crippen molar-refractivity contribution in [3.63, 3.8) is 0 Å². The Hall–Kier alpha value is -3.18. The second kappa shape index (κ2) is 7.60. The molecule has 4 rings (SSSR count). The summed E-state index contributed by atoms with van der Waals surface area (Å²) in [4.78, 5) is 16.7. The maximum absolute atomic E-state index is 12.2. The number of H-pyrrole nitrogens is 1. The van der Waals surface area contributed by atoms with Gasteiger partial charge in [-0.25, -0.2) is 4.79 Å². The van der Waals surface area contributed by atoms with Crippen LogP contribution in [0.3, 0.4) is 0 Å². The first kappa shape index (κ1) is 17.2. The molecule has 3 aromatic carbocycles. The Kier molecular flexibility index (Phi) is 4.85. The van der Waals surface area contributed by atoms with E-state index in [1.165, 1.54) is 5.39 Å². The van der Waals surface area contributed by atoms with Gasteiger partial charge in [0.05, 0.1) is 0 Å². The van der Waals surface area contributed by atoms with Crippen LogP contribution in [0, 0.1) is 0 Å². The number of carbonyl (C=O) groups excluding carboxylic acids is 1. The zero-order chi connectivity index (χ0) is 18.6. The van der Waals surface area contributed by atoms with E-state index in [9.17, 15) is 4.79 Å². The quantitative estimate of drug-likeness (QED) is 0.373. The van der Waals surface area contributed by atoms with E-state index in [4.69, 9.17) is 0 Å². The molecule has 134 valence electrons. The number of rotatable bonds is 4. The minimum absolute atomic E-state index is 0.258. The van der Waals surface area contributed by atoms with E-state index in [1.807, 2.05) is 66.9 Å². The molecule has 0 atom stereocenters. The van der Waals surface area contributed by atoms with Gasteiger partial charge < -0.3 is 15.6 Å². The van der Waals surface area contributed by atoms with Crippen LogP contribution >= 0.6 is 11.8 Å². The van der Waals surface area contributed by atoms with Gasteiger partial charge in [0.1, 0.15) is 0 Å². The fraction of sp³-hybridized carbons (Fsp3) is 0.0455. The lowest BCUT2D eigenvalue weighted by Crippen LogP contribution is -2.19. The van der Waals surface area contributed by atoms with Crippen molar-refractivity contribution in [2.75, 3.05) is 16.9 Å². The Bertz CT molecular complexity index is 1050. The number of nitrogens with one attached hydrogen (secondary N) is 3. The van der Waals surface area contributed by atoms with Crippen molar-refractivity contribution in [2.45, 2.75) is 4.90 Å². The van der Waals surface area contributed by atoms with Gasteiger partial charge in [-0.2, -0.15) is 0 Å². The van der Waals surface area contributed by atoms with Crippen LogP contribution in [0.2, 0.25) is 0 Å². The molecule has 0 unspecified atom stereocenters. The van der Waals surface area contributed by atoms with E-state index in [1.54, 1.807) is 11.8 Å². The molecule has 0 aliphatic heterocycles. The second-order valence-electron chi connectivity index (χ2n) is 6.16. The van der Waals surface area contributed by atoms with Crippen LogP contribution in [0.25, 0.3) is 22.2 Å². The third-order valence-electron chi connectivity index (χ3n) is 4.31. The van der Waals surface area contributed by atoms with Crippen LogP contribution in [0.1, 0.15) is 0 Å². The summed E-state index contributed by atoms with van der Waals surface area (Å²) < 4.78 is 0. The molecule has 0 aliphatic carbocycles. The molecule has 27 heavy (non-hydrogen) atoms. The minimum atomic E-state index is -0.258. The number of urea groups is 1. The molecule has 0 spiro atoms. The number of fused-ring (bicyclic) bond motifs is 1. The molecule has 2 amide bonds. The highest BCUT2D eigenvalue weighted by Crippen LogP contribution is 2.25. The number of aromatic nitrogens is 1. The predicted molar refractivity (Wildman–Crippen MR) is 115 cm³/mol. The molecule has 0 radical (unpaired) electrons. The predicted octanol–water partition coefficient (Wildman–Crippen LogP) is 6.20. The molecule has 4 nitrogen and oxygen atoms in total. The normalized spacial score (nSPS) is 10.7. The van der Waals surface area contributed by atoms with Gasteiger partial charge in [-0.3, -0.25) is 0 Å². The third-order valence-corrected chi connectivity index (χ3v) is 5.04. The maximum atomic E-state index is 12.2. The van der Waals surface area contributed by atoms with E-state index in [0.29, 0.717) is 0 Å². The number of para-hydroxylation sites is 1. The lowest BCUT2D eigenvalue weighted by molar-refractivity contribution is 0.262. The second-order valence-corrected chi connectivity index (χ2v) is 7.04. The summed E-state index contributed by atoms with van der Waals surface area (Å²) in [6.07, 6.45) is 2.01. The van der Waals surface area contributed by atoms with Crippen LogP contribution in [0.15, 0.2) is 83.8 Å². The fourth-order valence-corrected chi connectivity index (χ4v) is 3.42. The summed E-state index contributed by atoms with van der Waals surface area (Å²) in [7, 11) is 0. The molecule has 1 aromatic heterocycles. The van der Waals surface area contributed by atoms with Gasteiger partial charge in [0.15, 0.2) is 0 Å². The number of benzene rings is 3. The van der Waals surface area contributed by atoms with E-state index < -0.39 is 0 Å². The molecule has 1 heterocycles. The topological polar surface area (TPSA) is 56.9 Å². The molecule has 0 saturated carbocycles. The molecule has 3 N–H and O–H groups in total. The summed E-state index contributed by atoms with van der Waals surface area (Å²) in [6.45, 7) is 0. The number of thioether (sulfide) groups is 1. The summed E-state index contributed by atoms with van der Waals surface area (Å²) in [6, 6.07) is 25.6. The minimum Gasteiger partial charge on any atom is -0.355 e. The average Bonchev–Trinajstić information content (AvgIpc) is 3.13. The first-order valence-corrected chi connectivity index (χ1v) is 9.84. The molecule has 0 aliphatic rings. The lowest BCUT2D eigenvalue weighted by atomic mass is 10.1. The van der Waals surface area contributed by atoms with Crippen LogP contribution < -0.4 is 10.6 Å².